The Morgan fingerprint density at radius 3 is 2.64 bits per heavy atom. The summed E-state index contributed by atoms with van der Waals surface area (Å²) in [5.41, 5.74) is 0.661. The lowest BCUT2D eigenvalue weighted by molar-refractivity contribution is -0.262. The molecule has 2 nitrogen and oxygen atoms in total. The fourth-order valence-electron chi connectivity index (χ4n) is 0.695. The van der Waals surface area contributed by atoms with Gasteiger partial charge in [0, 0.05) is 17.0 Å². The van der Waals surface area contributed by atoms with E-state index >= 15 is 0 Å². The molecular formula is C7H6FNOS. The number of halogens is 1. The third-order valence-electron chi connectivity index (χ3n) is 1.37. The second-order valence-electron chi connectivity index (χ2n) is 2.19. The number of nitrogens with zero attached hydrogens (tertiary/aromatic N) is 1. The maximum absolute atomic E-state index is 12.7. The summed E-state index contributed by atoms with van der Waals surface area (Å²) in [7, 11) is 0. The van der Waals surface area contributed by atoms with Crippen molar-refractivity contribution in [1.82, 2.24) is 0 Å². The van der Waals surface area contributed by atoms with Gasteiger partial charge in [-0.15, -0.1) is 0 Å². The highest BCUT2D eigenvalue weighted by atomic mass is 32.1. The lowest BCUT2D eigenvalue weighted by atomic mass is 10.2. The minimum atomic E-state index is -0.409. The topological polar surface area (TPSA) is 20.1 Å². The molecule has 11 heavy (non-hydrogen) atoms. The minimum Gasteiger partial charge on any atom is -0.364 e. The smallest absolute Gasteiger partial charge is 0.240 e. The van der Waals surface area contributed by atoms with Gasteiger partial charge in [-0.3, -0.25) is 0 Å². The van der Waals surface area contributed by atoms with Crippen molar-refractivity contribution in [2.24, 2.45) is 0 Å². The molecule has 4 heteroatoms. The molecular weight excluding hydrogens is 165 g/mol. The van der Waals surface area contributed by atoms with Gasteiger partial charge in [0.05, 0.1) is 0 Å². The lowest BCUT2D eigenvalue weighted by Gasteiger charge is -1.96. The van der Waals surface area contributed by atoms with E-state index in [4.69, 9.17) is 0 Å². The van der Waals surface area contributed by atoms with Crippen LogP contribution in [0.25, 0.3) is 0 Å². The second kappa shape index (κ2) is 2.92. The van der Waals surface area contributed by atoms with E-state index in [0.29, 0.717) is 5.56 Å². The Bertz CT molecular complexity index is 300. The van der Waals surface area contributed by atoms with Gasteiger partial charge in [0.1, 0.15) is 5.82 Å². The van der Waals surface area contributed by atoms with Crippen molar-refractivity contribution in [1.29, 1.82) is 0 Å². The number of hydrogen-bond donors (Lipinski definition) is 0. The van der Waals surface area contributed by atoms with Crippen molar-refractivity contribution in [3.63, 3.8) is 0 Å². The Balaban J connectivity index is 3.15. The summed E-state index contributed by atoms with van der Waals surface area (Å²) < 4.78 is 12.9. The predicted molar refractivity (Wildman–Crippen MR) is 41.8 cm³/mol. The van der Waals surface area contributed by atoms with Crippen LogP contribution in [0.4, 0.5) is 10.1 Å². The van der Waals surface area contributed by atoms with Crippen LogP contribution in [0.15, 0.2) is 18.2 Å². The van der Waals surface area contributed by atoms with Gasteiger partial charge in [0.15, 0.2) is 0 Å². The van der Waals surface area contributed by atoms with E-state index in [1.807, 2.05) is 0 Å². The molecule has 1 rings (SSSR count). The molecule has 0 aliphatic rings. The molecule has 0 saturated carbocycles. The van der Waals surface area contributed by atoms with Gasteiger partial charge in [-0.25, -0.2) is 4.39 Å². The molecule has 0 radical (unpaired) electrons. The van der Waals surface area contributed by atoms with E-state index in [1.54, 1.807) is 6.92 Å². The zero-order valence-corrected chi connectivity index (χ0v) is 6.69. The highest BCUT2D eigenvalue weighted by Gasteiger charge is 2.04. The van der Waals surface area contributed by atoms with Crippen LogP contribution in [0.1, 0.15) is 5.56 Å². The summed E-state index contributed by atoms with van der Waals surface area (Å²) in [6.07, 6.45) is 0. The number of aryl methyl sites for hydroxylation is 1. The lowest BCUT2D eigenvalue weighted by Crippen LogP contribution is -1.90. The highest BCUT2D eigenvalue weighted by molar-refractivity contribution is 7.51. The monoisotopic (exact) mass is 171 g/mol. The molecule has 0 aromatic heterocycles. The van der Waals surface area contributed by atoms with Crippen molar-refractivity contribution in [2.45, 2.75) is 6.92 Å². The van der Waals surface area contributed by atoms with Crippen LogP contribution in [0.3, 0.4) is 0 Å². The van der Waals surface area contributed by atoms with E-state index in [2.05, 4.69) is 12.8 Å². The van der Waals surface area contributed by atoms with Crippen LogP contribution in [0.5, 0.6) is 0 Å². The molecule has 0 aliphatic heterocycles. The number of hydrogen-bond acceptors (Lipinski definition) is 2. The fourth-order valence-corrected chi connectivity index (χ4v) is 0.809. The third kappa shape index (κ3) is 1.71. The number of nitroso groups, excluding NO2 is 1. The van der Waals surface area contributed by atoms with Gasteiger partial charge in [-0.1, -0.05) is 4.17 Å². The van der Waals surface area contributed by atoms with Gasteiger partial charge in [0.25, 0.3) is 0 Å². The minimum absolute atomic E-state index is 0.156. The Morgan fingerprint density at radius 2 is 2.18 bits per heavy atom. The molecule has 0 fully saturated rings. The van der Waals surface area contributed by atoms with E-state index in [0.717, 1.165) is 6.07 Å². The summed E-state index contributed by atoms with van der Waals surface area (Å²) in [6.45, 7) is 1.62. The quantitative estimate of drug-likeness (QED) is 0.475. The van der Waals surface area contributed by atoms with Crippen molar-refractivity contribution in [3.05, 3.63) is 34.5 Å². The molecule has 0 amide bonds. The van der Waals surface area contributed by atoms with Crippen LogP contribution < -0.4 is 0 Å². The zero-order chi connectivity index (χ0) is 8.43. The van der Waals surface area contributed by atoms with Gasteiger partial charge < -0.3 is 12.8 Å². The van der Waals surface area contributed by atoms with Crippen LogP contribution in [0, 0.1) is 17.6 Å². The van der Waals surface area contributed by atoms with Crippen molar-refractivity contribution >= 4 is 18.5 Å². The first kappa shape index (κ1) is 8.07. The van der Waals surface area contributed by atoms with E-state index in [-0.39, 0.29) is 9.85 Å². The molecule has 1 aromatic rings. The Morgan fingerprint density at radius 1 is 1.55 bits per heavy atom. The molecule has 0 atom stereocenters. The Kier molecular flexibility index (Phi) is 2.14. The molecule has 0 N–H and O–H groups in total. The number of benzene rings is 1. The van der Waals surface area contributed by atoms with E-state index in [1.165, 1.54) is 12.1 Å². The van der Waals surface area contributed by atoms with Gasteiger partial charge in [-0.05, 0) is 18.6 Å². The maximum atomic E-state index is 12.7. The summed E-state index contributed by atoms with van der Waals surface area (Å²) in [6, 6.07) is 4.12. The Hall–Kier alpha value is -1.03. The molecule has 0 aliphatic carbocycles. The predicted octanol–water partition coefficient (Wildman–Crippen LogP) is 2.01. The van der Waals surface area contributed by atoms with Crippen LogP contribution in [-0.4, -0.2) is 4.17 Å². The van der Waals surface area contributed by atoms with Gasteiger partial charge >= 0.3 is 0 Å². The molecule has 0 bridgehead atoms. The molecule has 0 heterocycles. The first-order valence-electron chi connectivity index (χ1n) is 3.02. The summed E-state index contributed by atoms with van der Waals surface area (Å²) >= 11 is 4.26. The number of rotatable bonds is 1. The second-order valence-corrected chi connectivity index (χ2v) is 2.52. The van der Waals surface area contributed by atoms with Gasteiger partial charge in [-0.2, -0.15) is 0 Å². The van der Waals surface area contributed by atoms with E-state index < -0.39 is 5.82 Å². The summed E-state index contributed by atoms with van der Waals surface area (Å²) in [4.78, 5) is 10.5. The average Bonchev–Trinajstić information content (AvgIpc) is 1.94. The SMILES string of the molecule is Cc1ccc([N+](=O)[S-])cc1F. The summed E-state index contributed by atoms with van der Waals surface area (Å²) in [5.74, 6) is -0.409. The van der Waals surface area contributed by atoms with Crippen LogP contribution in [-0.2, 0) is 12.8 Å². The molecule has 0 unspecified atom stereocenters. The van der Waals surface area contributed by atoms with Crippen molar-refractivity contribution in [3.8, 4) is 0 Å². The highest BCUT2D eigenvalue weighted by Crippen LogP contribution is 2.14. The Labute approximate surface area is 69.2 Å². The first-order chi connectivity index (χ1) is 5.11. The third-order valence-corrected chi connectivity index (χ3v) is 1.58. The zero-order valence-electron chi connectivity index (χ0n) is 5.87. The summed E-state index contributed by atoms with van der Waals surface area (Å²) in [5, 5.41) is 0. The van der Waals surface area contributed by atoms with Crippen molar-refractivity contribution < 1.29 is 8.56 Å². The molecule has 0 spiro atoms. The fraction of sp³-hybridized carbons (Fsp3) is 0.143. The average molecular weight is 171 g/mol. The first-order valence-corrected chi connectivity index (χ1v) is 3.38. The van der Waals surface area contributed by atoms with Crippen LogP contribution in [0.2, 0.25) is 0 Å². The van der Waals surface area contributed by atoms with E-state index in [9.17, 15) is 9.30 Å². The largest absolute Gasteiger partial charge is 0.364 e. The van der Waals surface area contributed by atoms with Crippen molar-refractivity contribution in [2.75, 3.05) is 0 Å². The van der Waals surface area contributed by atoms with Crippen LogP contribution >= 0.6 is 0 Å². The standard InChI is InChI=1S/C7H6FNOS/c1-5-2-3-6(9(10)11)4-7(5)8/h2-4H,1H3. The molecule has 1 aromatic carbocycles. The maximum Gasteiger partial charge on any atom is 0.240 e. The molecule has 58 valence electrons. The molecule has 0 saturated heterocycles. The van der Waals surface area contributed by atoms with Gasteiger partial charge in [0.2, 0.25) is 5.69 Å². The normalized spacial score (nSPS) is 9.64.